The molecule has 2 aromatic carbocycles. The highest BCUT2D eigenvalue weighted by atomic mass is 35.5. The minimum atomic E-state index is -1.12. The van der Waals surface area contributed by atoms with E-state index in [1.807, 2.05) is 30.3 Å². The molecule has 0 unspecified atom stereocenters. The zero-order valence-electron chi connectivity index (χ0n) is 21.4. The second kappa shape index (κ2) is 13.8. The molecule has 3 atom stereocenters. The molecule has 1 aliphatic rings. The lowest BCUT2D eigenvalue weighted by Gasteiger charge is -2.39. The van der Waals surface area contributed by atoms with Crippen LogP contribution >= 0.6 is 35.0 Å². The first-order valence-corrected chi connectivity index (χ1v) is 14.7. The number of hydrogen-bond donors (Lipinski definition) is 1. The average molecular weight is 580 g/mol. The number of rotatable bonds is 12. The van der Waals surface area contributed by atoms with Gasteiger partial charge in [-0.2, -0.15) is 0 Å². The fourth-order valence-electron chi connectivity index (χ4n) is 5.32. The number of fused-ring (bicyclic) bond motifs is 1. The number of aliphatic carboxylic acids is 1. The number of pyridine rings is 1. The smallest absolute Gasteiger partial charge is 0.303 e. The fourth-order valence-corrected chi connectivity index (χ4v) is 6.82. The fraction of sp³-hybridized carbons (Fsp3) is 0.448. The summed E-state index contributed by atoms with van der Waals surface area (Å²) in [6.07, 6.45) is 3.33. The molecule has 5 nitrogen and oxygen atoms in total. The number of halogens is 3. The molecule has 0 amide bonds. The monoisotopic (exact) mass is 578 g/mol. The van der Waals surface area contributed by atoms with Gasteiger partial charge in [-0.3, -0.25) is 9.78 Å². The maximum atomic E-state index is 15.6. The third-order valence-corrected chi connectivity index (χ3v) is 9.37. The van der Waals surface area contributed by atoms with Crippen molar-refractivity contribution in [2.45, 2.75) is 43.2 Å². The number of ether oxygens (including phenoxy) is 1. The lowest BCUT2D eigenvalue weighted by atomic mass is 9.79. The van der Waals surface area contributed by atoms with Gasteiger partial charge in [0.1, 0.15) is 11.9 Å². The Kier molecular flexibility index (Phi) is 10.5. The van der Waals surface area contributed by atoms with Crippen molar-refractivity contribution >= 4 is 51.8 Å². The molecule has 0 spiro atoms. The number of benzene rings is 2. The second-order valence-corrected chi connectivity index (χ2v) is 11.7. The minimum absolute atomic E-state index is 0.135. The number of likely N-dealkylation sites (tertiary alicyclic amines) is 1. The Morgan fingerprint density at radius 3 is 2.87 bits per heavy atom. The van der Waals surface area contributed by atoms with Crippen LogP contribution in [0.15, 0.2) is 53.6 Å². The molecule has 1 aliphatic heterocycles. The molecule has 2 heterocycles. The third kappa shape index (κ3) is 7.53. The zero-order chi connectivity index (χ0) is 27.1. The van der Waals surface area contributed by atoms with E-state index in [-0.39, 0.29) is 12.3 Å². The van der Waals surface area contributed by atoms with Crippen LogP contribution in [0.3, 0.4) is 0 Å². The summed E-state index contributed by atoms with van der Waals surface area (Å²) in [6.45, 7) is 2.62. The summed E-state index contributed by atoms with van der Waals surface area (Å²) in [5.74, 6) is 1.27. The van der Waals surface area contributed by atoms with Crippen LogP contribution in [0.2, 0.25) is 10.0 Å². The van der Waals surface area contributed by atoms with Crippen molar-refractivity contribution in [3.63, 3.8) is 0 Å². The van der Waals surface area contributed by atoms with E-state index in [0.717, 1.165) is 54.0 Å². The molecular weight excluding hydrogens is 546 g/mol. The lowest BCUT2D eigenvalue weighted by molar-refractivity contribution is -0.137. The molecule has 1 saturated heterocycles. The van der Waals surface area contributed by atoms with E-state index in [2.05, 4.69) is 9.88 Å². The minimum Gasteiger partial charge on any atom is -0.497 e. The molecule has 1 N–H and O–H groups in total. The normalized spacial score (nSPS) is 18.9. The van der Waals surface area contributed by atoms with E-state index >= 15 is 4.39 Å². The van der Waals surface area contributed by atoms with Crippen LogP contribution < -0.4 is 4.74 Å². The van der Waals surface area contributed by atoms with Crippen molar-refractivity contribution in [3.05, 3.63) is 64.3 Å². The molecule has 204 valence electrons. The Bertz CT molecular complexity index is 1250. The van der Waals surface area contributed by atoms with Gasteiger partial charge in [0.2, 0.25) is 0 Å². The molecule has 1 aromatic heterocycles. The quantitative estimate of drug-likeness (QED) is 0.220. The van der Waals surface area contributed by atoms with E-state index < -0.39 is 12.1 Å². The molecule has 38 heavy (non-hydrogen) atoms. The maximum absolute atomic E-state index is 15.6. The summed E-state index contributed by atoms with van der Waals surface area (Å²) in [7, 11) is 1.60. The predicted octanol–water partition coefficient (Wildman–Crippen LogP) is 7.94. The molecule has 1 fully saturated rings. The molecule has 0 aliphatic carbocycles. The van der Waals surface area contributed by atoms with Crippen molar-refractivity contribution in [3.8, 4) is 5.75 Å². The van der Waals surface area contributed by atoms with Crippen molar-refractivity contribution in [1.82, 2.24) is 9.88 Å². The lowest BCUT2D eigenvalue weighted by Crippen LogP contribution is -2.41. The number of piperidine rings is 1. The third-order valence-electron chi connectivity index (χ3n) is 7.40. The Morgan fingerprint density at radius 2 is 2.08 bits per heavy atom. The van der Waals surface area contributed by atoms with E-state index in [9.17, 15) is 9.90 Å². The molecule has 0 saturated carbocycles. The van der Waals surface area contributed by atoms with Gasteiger partial charge in [-0.15, -0.1) is 11.8 Å². The Balaban J connectivity index is 1.36. The zero-order valence-corrected chi connectivity index (χ0v) is 23.7. The van der Waals surface area contributed by atoms with Crippen LogP contribution in [-0.4, -0.2) is 53.5 Å². The Morgan fingerprint density at radius 1 is 1.24 bits per heavy atom. The molecule has 0 bridgehead atoms. The Hall–Kier alpha value is -2.06. The van der Waals surface area contributed by atoms with Gasteiger partial charge in [0.25, 0.3) is 0 Å². The van der Waals surface area contributed by atoms with Gasteiger partial charge in [-0.1, -0.05) is 29.3 Å². The summed E-state index contributed by atoms with van der Waals surface area (Å²) >= 11 is 14.1. The molecule has 0 radical (unpaired) electrons. The van der Waals surface area contributed by atoms with Crippen molar-refractivity contribution in [2.24, 2.45) is 11.8 Å². The second-order valence-electron chi connectivity index (χ2n) is 9.77. The summed E-state index contributed by atoms with van der Waals surface area (Å²) in [5, 5.41) is 11.2. The van der Waals surface area contributed by atoms with Crippen LogP contribution in [0, 0.1) is 11.8 Å². The van der Waals surface area contributed by atoms with Crippen molar-refractivity contribution < 1.29 is 19.0 Å². The van der Waals surface area contributed by atoms with Crippen LogP contribution in [0.1, 0.15) is 43.8 Å². The van der Waals surface area contributed by atoms with Gasteiger partial charge < -0.3 is 14.7 Å². The highest BCUT2D eigenvalue weighted by Crippen LogP contribution is 2.37. The number of carboxylic acids is 1. The first kappa shape index (κ1) is 28.9. The van der Waals surface area contributed by atoms with E-state index in [1.165, 1.54) is 0 Å². The van der Waals surface area contributed by atoms with Gasteiger partial charge in [-0.25, -0.2) is 4.39 Å². The van der Waals surface area contributed by atoms with E-state index in [1.54, 1.807) is 37.2 Å². The summed E-state index contributed by atoms with van der Waals surface area (Å²) in [5.41, 5.74) is 1.38. The highest BCUT2D eigenvalue weighted by molar-refractivity contribution is 7.99. The predicted molar refractivity (Wildman–Crippen MR) is 153 cm³/mol. The first-order valence-electron chi connectivity index (χ1n) is 12.9. The number of aromatic nitrogens is 1. The number of carboxylic acid groups (broad SMARTS) is 1. The van der Waals surface area contributed by atoms with Gasteiger partial charge in [0.05, 0.1) is 22.7 Å². The van der Waals surface area contributed by atoms with Crippen LogP contribution in [0.4, 0.5) is 4.39 Å². The van der Waals surface area contributed by atoms with Gasteiger partial charge in [-0.05, 0) is 86.0 Å². The van der Waals surface area contributed by atoms with Gasteiger partial charge >= 0.3 is 5.97 Å². The van der Waals surface area contributed by atoms with Crippen LogP contribution in [0.5, 0.6) is 5.75 Å². The van der Waals surface area contributed by atoms with E-state index in [0.29, 0.717) is 40.1 Å². The number of methoxy groups -OCH3 is 1. The summed E-state index contributed by atoms with van der Waals surface area (Å²) < 4.78 is 20.9. The highest BCUT2D eigenvalue weighted by Gasteiger charge is 2.30. The molecule has 3 aromatic rings. The largest absolute Gasteiger partial charge is 0.497 e. The van der Waals surface area contributed by atoms with Crippen LogP contribution in [0.25, 0.3) is 10.9 Å². The summed E-state index contributed by atoms with van der Waals surface area (Å²) in [6, 6.07) is 12.9. The van der Waals surface area contributed by atoms with Gasteiger partial charge in [0.15, 0.2) is 0 Å². The van der Waals surface area contributed by atoms with Gasteiger partial charge in [0, 0.05) is 41.7 Å². The number of thioether (sulfide) groups is 1. The van der Waals surface area contributed by atoms with Crippen LogP contribution in [-0.2, 0) is 4.79 Å². The number of alkyl halides is 1. The maximum Gasteiger partial charge on any atom is 0.303 e. The first-order chi connectivity index (χ1) is 18.4. The molecular formula is C29H33Cl2FN2O3S. The summed E-state index contributed by atoms with van der Waals surface area (Å²) in [4.78, 5) is 19.1. The average Bonchev–Trinajstić information content (AvgIpc) is 2.92. The van der Waals surface area contributed by atoms with Crippen molar-refractivity contribution in [1.29, 1.82) is 0 Å². The van der Waals surface area contributed by atoms with E-state index in [4.69, 9.17) is 27.9 Å². The number of nitrogens with zero attached hydrogens (tertiary/aromatic N) is 2. The van der Waals surface area contributed by atoms with Crippen molar-refractivity contribution in [2.75, 3.05) is 32.5 Å². The SMILES string of the molecule is COc1ccc2nccc([C@H](F)CC[C@@H]3CCN(CCSc4cccc(Cl)c4Cl)C[C@H]3CCC(=O)O)c2c1. The number of carbonyl (C=O) groups is 1. The molecule has 9 heteroatoms. The molecule has 4 rings (SSSR count). The Labute approximate surface area is 237 Å². The topological polar surface area (TPSA) is 62.7 Å². The number of hydrogen-bond acceptors (Lipinski definition) is 5. The standard InChI is InChI=1S/C29H33Cl2FN2O3S/c1-37-21-7-9-26-23(17-21)22(11-13-33-26)25(32)8-5-19-12-14-34(18-20(19)6-10-28(35)36)15-16-38-27-4-2-3-24(30)29(27)31/h2-4,7,9,11,13,17,19-20,25H,5-6,8,10,12,14-16,18H2,1H3,(H,35,36)/t19-,20-,25-/m1/s1.